The van der Waals surface area contributed by atoms with Gasteiger partial charge in [0.15, 0.2) is 0 Å². The van der Waals surface area contributed by atoms with Crippen molar-refractivity contribution in [2.75, 3.05) is 7.05 Å². The highest BCUT2D eigenvalue weighted by Crippen LogP contribution is 2.49. The lowest BCUT2D eigenvalue weighted by molar-refractivity contribution is 0.260. The Hall–Kier alpha value is -0.613. The molecule has 2 nitrogen and oxygen atoms in total. The number of furan rings is 1. The van der Waals surface area contributed by atoms with Crippen LogP contribution in [-0.4, -0.2) is 25.0 Å². The zero-order valence-electron chi connectivity index (χ0n) is 9.65. The van der Waals surface area contributed by atoms with Gasteiger partial charge in [-0.2, -0.15) is 0 Å². The third-order valence-corrected chi connectivity index (χ3v) is 6.32. The van der Waals surface area contributed by atoms with Gasteiger partial charge in [-0.05, 0) is 12.1 Å². The van der Waals surface area contributed by atoms with E-state index in [2.05, 4.69) is 37.7 Å². The van der Waals surface area contributed by atoms with Gasteiger partial charge < -0.3 is 9.32 Å². The van der Waals surface area contributed by atoms with E-state index in [9.17, 15) is 0 Å². The number of hydrogen-bond donors (Lipinski definition) is 0. The predicted molar refractivity (Wildman–Crippen MR) is 68.9 cm³/mol. The summed E-state index contributed by atoms with van der Waals surface area (Å²) in [6.07, 6.45) is 1.74. The van der Waals surface area contributed by atoms with Crippen molar-refractivity contribution in [2.24, 2.45) is 0 Å². The number of thiocarbonyl (C=S) groups is 1. The van der Waals surface area contributed by atoms with E-state index in [-0.39, 0.29) is 0 Å². The van der Waals surface area contributed by atoms with Crippen molar-refractivity contribution in [3.05, 3.63) is 24.2 Å². The predicted octanol–water partition coefficient (Wildman–Crippen LogP) is 3.30. The van der Waals surface area contributed by atoms with Crippen molar-refractivity contribution in [3.8, 4) is 0 Å². The molecule has 0 aromatic carbocycles. The first-order valence-corrected chi connectivity index (χ1v) is 9.21. The van der Waals surface area contributed by atoms with Crippen molar-refractivity contribution in [1.29, 1.82) is 0 Å². The smallest absolute Gasteiger partial charge is 0.126 e. The van der Waals surface area contributed by atoms with Gasteiger partial charge in [0.05, 0.1) is 25.4 Å². The Kier molecular flexibility index (Phi) is 2.51. The summed E-state index contributed by atoms with van der Waals surface area (Å²) in [6, 6.07) is 4.38. The minimum absolute atomic E-state index is 0.374. The molecule has 0 amide bonds. The van der Waals surface area contributed by atoms with Gasteiger partial charge in [-0.25, -0.2) is 0 Å². The van der Waals surface area contributed by atoms with E-state index in [1.165, 1.54) is 0 Å². The zero-order valence-corrected chi connectivity index (χ0v) is 11.5. The fourth-order valence-electron chi connectivity index (χ4n) is 2.29. The first-order chi connectivity index (χ1) is 6.93. The van der Waals surface area contributed by atoms with Crippen molar-refractivity contribution in [2.45, 2.75) is 31.2 Å². The fraction of sp³-hybridized carbons (Fsp3) is 0.545. The molecule has 2 heterocycles. The highest BCUT2D eigenvalue weighted by Gasteiger charge is 2.50. The average Bonchev–Trinajstić information content (AvgIpc) is 2.62. The Bertz CT molecular complexity index is 368. The molecule has 0 bridgehead atoms. The lowest BCUT2D eigenvalue weighted by Gasteiger charge is -2.52. The minimum atomic E-state index is -1.24. The summed E-state index contributed by atoms with van der Waals surface area (Å²) < 4.78 is 5.50. The molecular formula is C11H17NOSSi. The maximum atomic E-state index is 5.50. The molecule has 1 fully saturated rings. The van der Waals surface area contributed by atoms with E-state index in [0.717, 1.165) is 10.7 Å². The van der Waals surface area contributed by atoms with Crippen molar-refractivity contribution in [3.63, 3.8) is 0 Å². The number of rotatable bonds is 2. The summed E-state index contributed by atoms with van der Waals surface area (Å²) in [5, 5.41) is 0. The molecule has 2 rings (SSSR count). The largest absolute Gasteiger partial charge is 0.467 e. The molecule has 0 aliphatic carbocycles. The van der Waals surface area contributed by atoms with Crippen LogP contribution in [0.3, 0.4) is 0 Å². The van der Waals surface area contributed by atoms with Gasteiger partial charge in [0, 0.05) is 12.6 Å². The maximum Gasteiger partial charge on any atom is 0.126 e. The fourth-order valence-corrected chi connectivity index (χ4v) is 5.87. The van der Waals surface area contributed by atoms with Gasteiger partial charge >= 0.3 is 0 Å². The van der Waals surface area contributed by atoms with Crippen molar-refractivity contribution >= 4 is 25.3 Å². The second-order valence-electron chi connectivity index (χ2n) is 5.25. The minimum Gasteiger partial charge on any atom is -0.467 e. The Balaban J connectivity index is 2.29. The first-order valence-electron chi connectivity index (χ1n) is 5.23. The van der Waals surface area contributed by atoms with Crippen LogP contribution in [-0.2, 0) is 0 Å². The molecular weight excluding hydrogens is 222 g/mol. The van der Waals surface area contributed by atoms with Crippen molar-refractivity contribution < 1.29 is 4.42 Å². The Morgan fingerprint density at radius 1 is 1.40 bits per heavy atom. The third kappa shape index (κ3) is 1.65. The first kappa shape index (κ1) is 10.9. The van der Waals surface area contributed by atoms with Crippen LogP contribution in [0, 0.1) is 0 Å². The van der Waals surface area contributed by atoms with E-state index >= 15 is 0 Å². The van der Waals surface area contributed by atoms with Crippen LogP contribution in [0.1, 0.15) is 11.8 Å². The van der Waals surface area contributed by atoms with Crippen LogP contribution in [0.5, 0.6) is 0 Å². The van der Waals surface area contributed by atoms with Crippen LogP contribution in [0.2, 0.25) is 25.2 Å². The molecule has 2 atom stereocenters. The topological polar surface area (TPSA) is 16.4 Å². The summed E-state index contributed by atoms with van der Waals surface area (Å²) in [4.78, 5) is 3.27. The summed E-state index contributed by atoms with van der Waals surface area (Å²) in [7, 11) is 0.821. The van der Waals surface area contributed by atoms with Crippen LogP contribution in [0.15, 0.2) is 22.8 Å². The van der Waals surface area contributed by atoms with E-state index in [1.54, 1.807) is 6.26 Å². The molecule has 82 valence electrons. The molecule has 1 aliphatic rings. The summed E-state index contributed by atoms with van der Waals surface area (Å²) in [5.41, 5.74) is 0.545. The van der Waals surface area contributed by atoms with E-state index < -0.39 is 8.07 Å². The van der Waals surface area contributed by atoms with Gasteiger partial charge in [0.2, 0.25) is 0 Å². The normalized spacial score (nSPS) is 26.7. The average molecular weight is 239 g/mol. The molecule has 1 aromatic heterocycles. The number of likely N-dealkylation sites (tertiary alicyclic amines) is 1. The van der Waals surface area contributed by atoms with Gasteiger partial charge in [-0.1, -0.05) is 31.9 Å². The third-order valence-electron chi connectivity index (χ3n) is 3.11. The van der Waals surface area contributed by atoms with Gasteiger partial charge in [0.25, 0.3) is 0 Å². The lowest BCUT2D eigenvalue weighted by atomic mass is 10.0. The Labute approximate surface area is 97.3 Å². The number of nitrogens with zero attached hydrogens (tertiary/aromatic N) is 1. The van der Waals surface area contributed by atoms with Crippen molar-refractivity contribution in [1.82, 2.24) is 4.90 Å². The van der Waals surface area contributed by atoms with Gasteiger partial charge in [0.1, 0.15) is 5.76 Å². The molecule has 2 unspecified atom stereocenters. The van der Waals surface area contributed by atoms with E-state index in [0.29, 0.717) is 11.6 Å². The summed E-state index contributed by atoms with van der Waals surface area (Å²) >= 11 is 5.45. The molecule has 0 spiro atoms. The molecule has 4 heteroatoms. The molecule has 15 heavy (non-hydrogen) atoms. The van der Waals surface area contributed by atoms with E-state index in [1.807, 2.05) is 6.07 Å². The number of hydrogen-bond acceptors (Lipinski definition) is 2. The Morgan fingerprint density at radius 3 is 2.53 bits per heavy atom. The molecule has 1 aromatic rings. The molecule has 0 saturated carbocycles. The SMILES string of the molecule is CN1C(=S)C([Si](C)(C)C)C1c1ccco1. The second-order valence-corrected chi connectivity index (χ2v) is 11.0. The molecule has 0 radical (unpaired) electrons. The molecule has 1 saturated heterocycles. The highest BCUT2D eigenvalue weighted by atomic mass is 32.1. The standard InChI is InChI=1S/C11H17NOSSi/c1-12-9(8-6-5-7-13-8)10(11(12)14)15(2,3)4/h5-7,9-10H,1-4H3. The maximum absolute atomic E-state index is 5.50. The molecule has 0 N–H and O–H groups in total. The van der Waals surface area contributed by atoms with Crippen LogP contribution < -0.4 is 0 Å². The second kappa shape index (κ2) is 3.45. The monoisotopic (exact) mass is 239 g/mol. The van der Waals surface area contributed by atoms with E-state index in [4.69, 9.17) is 16.6 Å². The van der Waals surface area contributed by atoms with Crippen LogP contribution in [0.4, 0.5) is 0 Å². The zero-order chi connectivity index (χ0) is 11.2. The van der Waals surface area contributed by atoms with Crippen LogP contribution >= 0.6 is 12.2 Å². The lowest BCUT2D eigenvalue weighted by Crippen LogP contribution is -2.56. The van der Waals surface area contributed by atoms with Gasteiger partial charge in [-0.3, -0.25) is 0 Å². The summed E-state index contributed by atoms with van der Waals surface area (Å²) in [6.45, 7) is 7.10. The highest BCUT2D eigenvalue weighted by molar-refractivity contribution is 7.80. The van der Waals surface area contributed by atoms with Gasteiger partial charge in [-0.15, -0.1) is 0 Å². The Morgan fingerprint density at radius 2 is 2.07 bits per heavy atom. The summed E-state index contributed by atoms with van der Waals surface area (Å²) in [5.74, 6) is 1.05. The molecule has 1 aliphatic heterocycles. The van der Waals surface area contributed by atoms with Crippen LogP contribution in [0.25, 0.3) is 0 Å². The quantitative estimate of drug-likeness (QED) is 0.582.